The van der Waals surface area contributed by atoms with Crippen LogP contribution in [0.25, 0.3) is 10.8 Å². The van der Waals surface area contributed by atoms with Crippen LogP contribution < -0.4 is 9.80 Å². The molecule has 1 aliphatic heterocycles. The molecule has 4 rings (SSSR count). The van der Waals surface area contributed by atoms with Crippen molar-refractivity contribution in [2.24, 2.45) is 0 Å². The van der Waals surface area contributed by atoms with Crippen molar-refractivity contribution >= 4 is 11.3 Å². The van der Waals surface area contributed by atoms with Gasteiger partial charge in [0.2, 0.25) is 0 Å². The van der Waals surface area contributed by atoms with Crippen molar-refractivity contribution in [3.05, 3.63) is 59.3 Å². The van der Waals surface area contributed by atoms with Crippen LogP contribution >= 0.6 is 11.3 Å². The van der Waals surface area contributed by atoms with Gasteiger partial charge >= 0.3 is 0 Å². The van der Waals surface area contributed by atoms with Crippen LogP contribution in [0.1, 0.15) is 24.4 Å². The molecule has 25 heavy (non-hydrogen) atoms. The monoisotopic (exact) mass is 356 g/mol. The van der Waals surface area contributed by atoms with E-state index in [9.17, 15) is 0 Å². The number of piperazine rings is 1. The van der Waals surface area contributed by atoms with Gasteiger partial charge in [-0.1, -0.05) is 36.4 Å². The molecule has 0 aliphatic carbocycles. The van der Waals surface area contributed by atoms with Crippen LogP contribution in [0.3, 0.4) is 0 Å². The molecule has 130 valence electrons. The molecule has 0 amide bonds. The Labute approximate surface area is 151 Å². The first-order valence-corrected chi connectivity index (χ1v) is 9.77. The predicted molar refractivity (Wildman–Crippen MR) is 97.6 cm³/mol. The van der Waals surface area contributed by atoms with Crippen molar-refractivity contribution in [1.29, 1.82) is 0 Å². The largest absolute Gasteiger partial charge is 0.414 e. The van der Waals surface area contributed by atoms with Gasteiger partial charge < -0.3 is 14.2 Å². The highest BCUT2D eigenvalue weighted by molar-refractivity contribution is 7.13. The van der Waals surface area contributed by atoms with Crippen molar-refractivity contribution < 1.29 is 14.2 Å². The topological polar surface area (TPSA) is 47.8 Å². The molecule has 6 heteroatoms. The lowest BCUT2D eigenvalue weighted by Gasteiger charge is -2.32. The second kappa shape index (κ2) is 7.47. The van der Waals surface area contributed by atoms with Crippen molar-refractivity contribution in [1.82, 2.24) is 10.2 Å². The fourth-order valence-electron chi connectivity index (χ4n) is 3.50. The van der Waals surface area contributed by atoms with Crippen LogP contribution in [0.5, 0.6) is 0 Å². The molecule has 2 aromatic heterocycles. The highest BCUT2D eigenvalue weighted by atomic mass is 32.1. The molecule has 0 radical (unpaired) electrons. The third kappa shape index (κ3) is 3.81. The van der Waals surface area contributed by atoms with Crippen molar-refractivity contribution in [2.45, 2.75) is 19.5 Å². The van der Waals surface area contributed by atoms with Gasteiger partial charge in [0, 0.05) is 5.56 Å². The SMILES string of the molecule is C[C@H](c1nnc(-c2cccs2)o1)[NH+]1CC[NH+](Cc2ccccc2)CC1. The van der Waals surface area contributed by atoms with Crippen molar-refractivity contribution in [3.8, 4) is 10.8 Å². The average molecular weight is 356 g/mol. The highest BCUT2D eigenvalue weighted by Gasteiger charge is 2.31. The van der Waals surface area contributed by atoms with Gasteiger partial charge in [0.1, 0.15) is 32.7 Å². The van der Waals surface area contributed by atoms with E-state index in [1.54, 1.807) is 16.2 Å². The van der Waals surface area contributed by atoms with E-state index in [0.29, 0.717) is 5.89 Å². The zero-order valence-corrected chi connectivity index (χ0v) is 15.3. The van der Waals surface area contributed by atoms with E-state index >= 15 is 0 Å². The minimum absolute atomic E-state index is 0.250. The van der Waals surface area contributed by atoms with Crippen LogP contribution in [0, 0.1) is 0 Å². The van der Waals surface area contributed by atoms with E-state index in [2.05, 4.69) is 47.5 Å². The molecule has 0 spiro atoms. The third-order valence-electron chi connectivity index (χ3n) is 5.05. The minimum atomic E-state index is 0.250. The molecule has 0 bridgehead atoms. The molecule has 5 nitrogen and oxygen atoms in total. The summed E-state index contributed by atoms with van der Waals surface area (Å²) in [5.74, 6) is 1.40. The Kier molecular flexibility index (Phi) is 4.92. The molecular formula is C19H24N4OS+2. The van der Waals surface area contributed by atoms with Crippen LogP contribution in [-0.4, -0.2) is 36.4 Å². The van der Waals surface area contributed by atoms with Gasteiger partial charge in [0.25, 0.3) is 11.8 Å². The maximum absolute atomic E-state index is 5.93. The predicted octanol–water partition coefficient (Wildman–Crippen LogP) is 0.843. The first kappa shape index (κ1) is 16.4. The Hall–Kier alpha value is -2.02. The summed E-state index contributed by atoms with van der Waals surface area (Å²) in [7, 11) is 0. The molecule has 1 fully saturated rings. The molecule has 1 aliphatic rings. The van der Waals surface area contributed by atoms with E-state index in [0.717, 1.165) is 30.4 Å². The van der Waals surface area contributed by atoms with E-state index in [-0.39, 0.29) is 6.04 Å². The van der Waals surface area contributed by atoms with Gasteiger partial charge in [-0.3, -0.25) is 0 Å². The molecule has 1 aromatic carbocycles. The minimum Gasteiger partial charge on any atom is -0.414 e. The van der Waals surface area contributed by atoms with Gasteiger partial charge in [-0.2, -0.15) is 0 Å². The number of thiophene rings is 1. The van der Waals surface area contributed by atoms with Gasteiger partial charge in [-0.05, 0) is 18.4 Å². The van der Waals surface area contributed by atoms with Crippen LogP contribution in [-0.2, 0) is 6.54 Å². The zero-order valence-electron chi connectivity index (χ0n) is 14.4. The van der Waals surface area contributed by atoms with Crippen LogP contribution in [0.4, 0.5) is 0 Å². The molecule has 1 saturated heterocycles. The van der Waals surface area contributed by atoms with Gasteiger partial charge in [-0.25, -0.2) is 0 Å². The lowest BCUT2D eigenvalue weighted by molar-refractivity contribution is -1.03. The van der Waals surface area contributed by atoms with Gasteiger partial charge in [0.05, 0.1) is 4.88 Å². The Morgan fingerprint density at radius 3 is 2.56 bits per heavy atom. The summed E-state index contributed by atoms with van der Waals surface area (Å²) in [5.41, 5.74) is 1.42. The second-order valence-corrected chi connectivity index (χ2v) is 7.66. The summed E-state index contributed by atoms with van der Waals surface area (Å²) in [6, 6.07) is 15.0. The summed E-state index contributed by atoms with van der Waals surface area (Å²) in [4.78, 5) is 4.24. The number of nitrogens with one attached hydrogen (secondary N) is 2. The lowest BCUT2D eigenvalue weighted by Crippen LogP contribution is -3.27. The van der Waals surface area contributed by atoms with E-state index in [1.165, 1.54) is 23.6 Å². The molecule has 3 heterocycles. The second-order valence-electron chi connectivity index (χ2n) is 6.72. The summed E-state index contributed by atoms with van der Waals surface area (Å²) in [6.07, 6.45) is 0. The molecule has 0 unspecified atom stereocenters. The van der Waals surface area contributed by atoms with Gasteiger partial charge in [-0.15, -0.1) is 21.5 Å². The number of nitrogens with zero attached hydrogens (tertiary/aromatic N) is 2. The maximum Gasteiger partial charge on any atom is 0.274 e. The zero-order chi connectivity index (χ0) is 17.1. The summed E-state index contributed by atoms with van der Waals surface area (Å²) in [5, 5.41) is 10.5. The Balaban J connectivity index is 1.34. The van der Waals surface area contributed by atoms with E-state index in [4.69, 9.17) is 4.42 Å². The third-order valence-corrected chi connectivity index (χ3v) is 5.91. The molecule has 2 N–H and O–H groups in total. The van der Waals surface area contributed by atoms with E-state index < -0.39 is 0 Å². The summed E-state index contributed by atoms with van der Waals surface area (Å²) in [6.45, 7) is 7.95. The average Bonchev–Trinajstić information content (AvgIpc) is 3.34. The molecule has 3 aromatic rings. The smallest absolute Gasteiger partial charge is 0.274 e. The van der Waals surface area contributed by atoms with Gasteiger partial charge in [0.15, 0.2) is 6.04 Å². The number of hydrogen-bond donors (Lipinski definition) is 2. The first-order valence-electron chi connectivity index (χ1n) is 8.89. The van der Waals surface area contributed by atoms with Crippen LogP contribution in [0.15, 0.2) is 52.3 Å². The van der Waals surface area contributed by atoms with Crippen molar-refractivity contribution in [3.63, 3.8) is 0 Å². The molecule has 0 saturated carbocycles. The van der Waals surface area contributed by atoms with Crippen LogP contribution in [0.2, 0.25) is 0 Å². The first-order chi connectivity index (χ1) is 12.3. The summed E-state index contributed by atoms with van der Waals surface area (Å²) < 4.78 is 5.93. The summed E-state index contributed by atoms with van der Waals surface area (Å²) >= 11 is 1.63. The standard InChI is InChI=1S/C19H22N4OS/c1-15(18-20-21-19(24-18)17-8-5-13-25-17)23-11-9-22(10-12-23)14-16-6-3-2-4-7-16/h2-8,13,15H,9-12,14H2,1H3/p+2/t15-/m1/s1. The number of quaternary nitrogens is 2. The number of hydrogen-bond acceptors (Lipinski definition) is 4. The number of aromatic nitrogens is 2. The lowest BCUT2D eigenvalue weighted by atomic mass is 10.2. The Bertz CT molecular complexity index is 779. The maximum atomic E-state index is 5.93. The Morgan fingerprint density at radius 2 is 1.84 bits per heavy atom. The van der Waals surface area contributed by atoms with E-state index in [1.807, 2.05) is 17.5 Å². The number of benzene rings is 1. The van der Waals surface area contributed by atoms with Crippen molar-refractivity contribution in [2.75, 3.05) is 26.2 Å². The fraction of sp³-hybridized carbons (Fsp3) is 0.368. The highest BCUT2D eigenvalue weighted by Crippen LogP contribution is 2.24. The number of rotatable bonds is 5. The normalized spacial score (nSPS) is 22.0. The quantitative estimate of drug-likeness (QED) is 0.712. The molecular weight excluding hydrogens is 332 g/mol. The molecule has 1 atom stereocenters. The fourth-order valence-corrected chi connectivity index (χ4v) is 4.15. The Morgan fingerprint density at radius 1 is 1.04 bits per heavy atom.